The van der Waals surface area contributed by atoms with Crippen molar-refractivity contribution >= 4 is 34.8 Å². The molecule has 1 saturated heterocycles. The quantitative estimate of drug-likeness (QED) is 0.182. The number of esters is 4. The van der Waals surface area contributed by atoms with Crippen molar-refractivity contribution in [3.8, 4) is 29.3 Å². The van der Waals surface area contributed by atoms with Gasteiger partial charge in [0.25, 0.3) is 5.75 Å². The second-order valence-electron chi connectivity index (χ2n) is 8.55. The first-order chi connectivity index (χ1) is 19.4. The molecule has 1 aromatic carbocycles. The van der Waals surface area contributed by atoms with Crippen LogP contribution in [0.1, 0.15) is 34.6 Å². The van der Waals surface area contributed by atoms with E-state index in [1.165, 1.54) is 26.2 Å². The van der Waals surface area contributed by atoms with E-state index < -0.39 is 72.6 Å². The van der Waals surface area contributed by atoms with Gasteiger partial charge in [-0.1, -0.05) is 5.92 Å². The molecule has 14 heteroatoms. The fourth-order valence-corrected chi connectivity index (χ4v) is 3.97. The Balaban J connectivity index is 2.21. The van der Waals surface area contributed by atoms with Gasteiger partial charge in [-0.15, -0.1) is 0 Å². The molecule has 3 rings (SSSR count). The molecule has 0 radical (unpaired) electrons. The van der Waals surface area contributed by atoms with Crippen LogP contribution < -0.4 is 19.8 Å². The lowest BCUT2D eigenvalue weighted by Gasteiger charge is -2.43. The first-order valence-corrected chi connectivity index (χ1v) is 12.2. The van der Waals surface area contributed by atoms with E-state index in [1.54, 1.807) is 6.07 Å². The topological polar surface area (TPSA) is 172 Å². The van der Waals surface area contributed by atoms with Crippen LogP contribution in [0.4, 0.5) is 0 Å². The molecule has 5 atom stereocenters. The minimum absolute atomic E-state index is 0.0341. The number of carbonyl (C=O) groups excluding carboxylic acids is 4. The van der Waals surface area contributed by atoms with Crippen LogP contribution in [0.3, 0.4) is 0 Å². The number of methoxy groups -OCH3 is 1. The van der Waals surface area contributed by atoms with E-state index in [2.05, 4.69) is 12.0 Å². The molecule has 1 aliphatic heterocycles. The smallest absolute Gasteiger partial charge is 0.384 e. The lowest BCUT2D eigenvalue weighted by molar-refractivity contribution is -0.288. The van der Waals surface area contributed by atoms with Crippen LogP contribution in [0.5, 0.6) is 17.2 Å². The summed E-state index contributed by atoms with van der Waals surface area (Å²) < 4.78 is 49.2. The predicted molar refractivity (Wildman–Crippen MR) is 136 cm³/mol. The van der Waals surface area contributed by atoms with Crippen LogP contribution in [0, 0.1) is 12.0 Å². The van der Waals surface area contributed by atoms with E-state index in [-0.39, 0.29) is 16.7 Å². The average Bonchev–Trinajstić information content (AvgIpc) is 2.89. The van der Waals surface area contributed by atoms with Gasteiger partial charge in [-0.2, -0.15) is 0 Å². The van der Waals surface area contributed by atoms with Crippen LogP contribution in [0.2, 0.25) is 0 Å². The molecule has 0 spiro atoms. The molecule has 1 aromatic heterocycles. The fraction of sp³-hybridized carbons (Fsp3) is 0.444. The van der Waals surface area contributed by atoms with E-state index in [4.69, 9.17) is 42.3 Å². The SMILES string of the molecule is CC#COc1c(O[C@@H]2O[C@H](COC(C)=O)[C@@H](OC(C)=O)[C@H](OC(C)=O)[C@H]2OC(C)=O)c2ccc(OC)cc2oc1=O. The zero-order valence-corrected chi connectivity index (χ0v) is 23.0. The Labute approximate surface area is 233 Å². The van der Waals surface area contributed by atoms with E-state index in [0.717, 1.165) is 27.7 Å². The summed E-state index contributed by atoms with van der Waals surface area (Å²) in [5, 5.41) is 0.200. The summed E-state index contributed by atoms with van der Waals surface area (Å²) in [6.07, 6.45) is -5.08. The Morgan fingerprint density at radius 3 is 2.10 bits per heavy atom. The van der Waals surface area contributed by atoms with Gasteiger partial charge in [0, 0.05) is 40.7 Å². The van der Waals surface area contributed by atoms with Crippen LogP contribution in [-0.2, 0) is 42.9 Å². The summed E-state index contributed by atoms with van der Waals surface area (Å²) in [6, 6.07) is 4.48. The molecule has 0 bridgehead atoms. The molecule has 0 unspecified atom stereocenters. The summed E-state index contributed by atoms with van der Waals surface area (Å²) in [7, 11) is 1.42. The number of carbonyl (C=O) groups is 4. The van der Waals surface area contributed by atoms with Gasteiger partial charge in [0.2, 0.25) is 12.4 Å². The second-order valence-corrected chi connectivity index (χ2v) is 8.55. The Morgan fingerprint density at radius 1 is 0.878 bits per heavy atom. The molecule has 14 nitrogen and oxygen atoms in total. The van der Waals surface area contributed by atoms with Gasteiger partial charge in [0.05, 0.1) is 12.5 Å². The van der Waals surface area contributed by atoms with E-state index in [9.17, 15) is 24.0 Å². The normalized spacial score (nSPS) is 21.5. The average molecular weight is 577 g/mol. The maximum Gasteiger partial charge on any atom is 0.384 e. The number of rotatable bonds is 9. The molecule has 0 N–H and O–H groups in total. The number of benzene rings is 1. The Bertz CT molecular complexity index is 1430. The first-order valence-electron chi connectivity index (χ1n) is 12.2. The highest BCUT2D eigenvalue weighted by Gasteiger charge is 2.53. The highest BCUT2D eigenvalue weighted by molar-refractivity contribution is 5.86. The van der Waals surface area contributed by atoms with Crippen LogP contribution in [0.25, 0.3) is 11.0 Å². The summed E-state index contributed by atoms with van der Waals surface area (Å²) in [5.74, 6) is -0.996. The minimum Gasteiger partial charge on any atom is -0.497 e. The Kier molecular flexibility index (Phi) is 10.2. The molecule has 41 heavy (non-hydrogen) atoms. The van der Waals surface area contributed by atoms with Crippen molar-refractivity contribution < 1.29 is 61.5 Å². The highest BCUT2D eigenvalue weighted by atomic mass is 16.7. The molecular weight excluding hydrogens is 548 g/mol. The third kappa shape index (κ3) is 7.67. The molecule has 2 aromatic rings. The van der Waals surface area contributed by atoms with E-state index >= 15 is 0 Å². The molecule has 0 aliphatic carbocycles. The molecule has 2 heterocycles. The lowest BCUT2D eigenvalue weighted by atomic mass is 9.98. The van der Waals surface area contributed by atoms with E-state index in [0.29, 0.717) is 5.75 Å². The largest absolute Gasteiger partial charge is 0.497 e. The van der Waals surface area contributed by atoms with E-state index in [1.807, 2.05) is 0 Å². The summed E-state index contributed by atoms with van der Waals surface area (Å²) >= 11 is 0. The summed E-state index contributed by atoms with van der Waals surface area (Å²) in [4.78, 5) is 60.7. The zero-order chi connectivity index (χ0) is 30.3. The maximum atomic E-state index is 12.9. The molecular formula is C27H28O14. The van der Waals surface area contributed by atoms with Gasteiger partial charge in [0.15, 0.2) is 18.0 Å². The van der Waals surface area contributed by atoms with Crippen molar-refractivity contribution in [1.29, 1.82) is 0 Å². The molecule has 0 amide bonds. The van der Waals surface area contributed by atoms with Crippen molar-refractivity contribution in [2.75, 3.05) is 13.7 Å². The summed E-state index contributed by atoms with van der Waals surface area (Å²) in [6.45, 7) is 5.40. The zero-order valence-electron chi connectivity index (χ0n) is 23.0. The van der Waals surface area contributed by atoms with Crippen molar-refractivity contribution in [1.82, 2.24) is 0 Å². The molecule has 1 aliphatic rings. The fourth-order valence-electron chi connectivity index (χ4n) is 3.97. The van der Waals surface area contributed by atoms with Gasteiger partial charge < -0.3 is 42.3 Å². The second kappa shape index (κ2) is 13.5. The predicted octanol–water partition coefficient (Wildman–Crippen LogP) is 1.62. The third-order valence-electron chi connectivity index (χ3n) is 5.47. The number of hydrogen-bond acceptors (Lipinski definition) is 14. The number of fused-ring (bicyclic) bond motifs is 1. The Morgan fingerprint density at radius 2 is 1.51 bits per heavy atom. The van der Waals surface area contributed by atoms with Crippen LogP contribution in [-0.4, -0.2) is 68.3 Å². The Hall–Kier alpha value is -4.77. The van der Waals surface area contributed by atoms with Gasteiger partial charge in [-0.25, -0.2) is 4.79 Å². The standard InChI is InChI=1S/C27H28O14/c1-7-10-34-24-21(18-9-8-17(33-6)11-19(18)39-26(24)32)41-27-25(38-16(5)31)23(37-15(4)30)22(36-14(3)29)20(40-27)12-35-13(2)28/h8-9,11,20,22-23,25,27H,12H2,1-6H3/t20-,22-,23+,25-,27+/m1/s1. The van der Waals surface area contributed by atoms with Crippen LogP contribution in [0.15, 0.2) is 27.4 Å². The van der Waals surface area contributed by atoms with Crippen molar-refractivity contribution in [3.05, 3.63) is 28.6 Å². The van der Waals surface area contributed by atoms with Crippen molar-refractivity contribution in [2.24, 2.45) is 0 Å². The van der Waals surface area contributed by atoms with Crippen LogP contribution >= 0.6 is 0 Å². The summed E-state index contributed by atoms with van der Waals surface area (Å²) in [5.41, 5.74) is -0.944. The van der Waals surface area contributed by atoms with Gasteiger partial charge in [0.1, 0.15) is 30.1 Å². The molecule has 220 valence electrons. The van der Waals surface area contributed by atoms with Crippen molar-refractivity contribution in [3.63, 3.8) is 0 Å². The highest BCUT2D eigenvalue weighted by Crippen LogP contribution is 2.38. The third-order valence-corrected chi connectivity index (χ3v) is 5.47. The number of ether oxygens (including phenoxy) is 8. The number of hydrogen-bond donors (Lipinski definition) is 0. The maximum absolute atomic E-state index is 12.9. The first kappa shape index (κ1) is 30.8. The monoisotopic (exact) mass is 576 g/mol. The van der Waals surface area contributed by atoms with Gasteiger partial charge >= 0.3 is 29.5 Å². The molecule has 1 fully saturated rings. The minimum atomic E-state index is -1.64. The lowest BCUT2D eigenvalue weighted by Crippen LogP contribution is -2.63. The van der Waals surface area contributed by atoms with Gasteiger partial charge in [-0.05, 0) is 12.1 Å². The van der Waals surface area contributed by atoms with Gasteiger partial charge in [-0.3, -0.25) is 19.2 Å². The molecule has 0 saturated carbocycles. The van der Waals surface area contributed by atoms with Crippen molar-refractivity contribution in [2.45, 2.75) is 65.3 Å².